The Morgan fingerprint density at radius 3 is 2.24 bits per heavy atom. The number of hydrogen-bond donors (Lipinski definition) is 3. The molecule has 0 unspecified atom stereocenters. The highest BCUT2D eigenvalue weighted by atomic mass is 35.5. The van der Waals surface area contributed by atoms with Crippen molar-refractivity contribution in [2.45, 2.75) is 58.5 Å². The molecule has 1 fully saturated rings. The van der Waals surface area contributed by atoms with Gasteiger partial charge in [0.15, 0.2) is 5.76 Å². The van der Waals surface area contributed by atoms with E-state index in [0.717, 1.165) is 57.4 Å². The van der Waals surface area contributed by atoms with Gasteiger partial charge in [0, 0.05) is 55.6 Å². The second kappa shape index (κ2) is 19.8. The van der Waals surface area contributed by atoms with E-state index in [2.05, 4.69) is 68.9 Å². The number of carbonyl (C=O) groups is 1. The lowest BCUT2D eigenvalue weighted by Gasteiger charge is -2.32. The molecule has 0 aromatic heterocycles. The number of aliphatic imine (C=N–C) groups is 2. The first-order valence-corrected chi connectivity index (χ1v) is 17.8. The SMILES string of the molecule is C=NC(=C(/C)C(=NC)Nc1ccc(C(=O)NC2CCN(Cc3ccccc3)CC2)cc1)/C(=C\CCCC)ONc1c(Cl)c(OC)cc(OC)c1Cl. The van der Waals surface area contributed by atoms with Crippen LogP contribution in [-0.2, 0) is 11.4 Å². The van der Waals surface area contributed by atoms with E-state index in [1.54, 1.807) is 25.2 Å². The number of unbranched alkanes of at least 4 members (excludes halogenated alkanes) is 2. The Bertz CT molecular complexity index is 1690. The third kappa shape index (κ3) is 10.7. The molecule has 1 aliphatic rings. The van der Waals surface area contributed by atoms with Gasteiger partial charge in [-0.1, -0.05) is 66.9 Å². The molecule has 3 N–H and O–H groups in total. The van der Waals surface area contributed by atoms with E-state index in [-0.39, 0.29) is 27.7 Å². The zero-order valence-electron chi connectivity index (χ0n) is 30.0. The molecule has 4 rings (SSSR count). The van der Waals surface area contributed by atoms with Crippen molar-refractivity contribution in [1.82, 2.24) is 10.2 Å². The first-order chi connectivity index (χ1) is 24.7. The molecule has 3 aromatic rings. The standard InChI is InChI=1S/C39H48Cl2N6O4/c1-7-8-10-15-31(51-46-37-34(40)32(49-5)24-33(50-6)35(37)41)36(42-3)26(2)38(43-4)44-29-18-16-28(17-19-29)39(48)45-30-20-22-47(23-21-30)25-27-13-11-9-12-14-27/h9,11-19,24,30,46H,3,7-8,10,20-23,25H2,1-2,4-6H3,(H,43,44)(H,45,48)/b31-15+,36-26-. The van der Waals surface area contributed by atoms with Gasteiger partial charge in [-0.15, -0.1) is 0 Å². The number of nitrogens with one attached hydrogen (secondary N) is 3. The number of allylic oxidation sites excluding steroid dienone is 1. The van der Waals surface area contributed by atoms with Crippen LogP contribution in [0.1, 0.15) is 61.9 Å². The van der Waals surface area contributed by atoms with Gasteiger partial charge in [0.05, 0.1) is 14.2 Å². The first-order valence-electron chi connectivity index (χ1n) is 17.0. The summed E-state index contributed by atoms with van der Waals surface area (Å²) in [6.45, 7) is 10.6. The van der Waals surface area contributed by atoms with Crippen LogP contribution < -0.4 is 25.6 Å². The Balaban J connectivity index is 1.43. The van der Waals surface area contributed by atoms with Crippen LogP contribution in [0.25, 0.3) is 0 Å². The summed E-state index contributed by atoms with van der Waals surface area (Å²) in [6, 6.07) is 19.5. The van der Waals surface area contributed by atoms with Gasteiger partial charge >= 0.3 is 0 Å². The number of piperidine rings is 1. The highest BCUT2D eigenvalue weighted by Gasteiger charge is 2.22. The van der Waals surface area contributed by atoms with Gasteiger partial charge in [-0.05, 0) is 75.2 Å². The maximum absolute atomic E-state index is 13.1. The number of nitrogens with zero attached hydrogens (tertiary/aromatic N) is 3. The molecule has 0 spiro atoms. The highest BCUT2D eigenvalue weighted by Crippen LogP contribution is 2.44. The second-order valence-corrected chi connectivity index (χ2v) is 12.9. The lowest BCUT2D eigenvalue weighted by atomic mass is 10.0. The molecule has 0 radical (unpaired) electrons. The maximum atomic E-state index is 13.1. The van der Waals surface area contributed by atoms with Crippen molar-refractivity contribution in [3.05, 3.63) is 105 Å². The number of carbonyl (C=O) groups excluding carboxylic acids is 1. The molecule has 12 heteroatoms. The average molecular weight is 736 g/mol. The Labute approximate surface area is 311 Å². The van der Waals surface area contributed by atoms with Crippen molar-refractivity contribution >= 4 is 53.0 Å². The van der Waals surface area contributed by atoms with Gasteiger partial charge < -0.3 is 24.9 Å². The molecular formula is C39H48Cl2N6O4. The number of anilines is 2. The molecule has 272 valence electrons. The molecule has 0 saturated carbocycles. The first kappa shape index (κ1) is 39.3. The van der Waals surface area contributed by atoms with Crippen molar-refractivity contribution in [3.63, 3.8) is 0 Å². The van der Waals surface area contributed by atoms with E-state index in [1.807, 2.05) is 31.2 Å². The molecular weight excluding hydrogens is 687 g/mol. The number of methoxy groups -OCH3 is 2. The highest BCUT2D eigenvalue weighted by molar-refractivity contribution is 6.41. The Hall–Kier alpha value is -4.51. The van der Waals surface area contributed by atoms with E-state index in [1.165, 1.54) is 19.8 Å². The van der Waals surface area contributed by atoms with Crippen LogP contribution in [0.3, 0.4) is 0 Å². The summed E-state index contributed by atoms with van der Waals surface area (Å²) in [5, 5.41) is 7.02. The monoisotopic (exact) mass is 734 g/mol. The summed E-state index contributed by atoms with van der Waals surface area (Å²) >= 11 is 13.1. The van der Waals surface area contributed by atoms with Gasteiger partial charge in [0.1, 0.15) is 38.8 Å². The number of amides is 1. The fraction of sp³-hybridized carbons (Fsp3) is 0.359. The molecule has 51 heavy (non-hydrogen) atoms. The van der Waals surface area contributed by atoms with Crippen molar-refractivity contribution in [3.8, 4) is 11.5 Å². The molecule has 0 aliphatic carbocycles. The summed E-state index contributed by atoms with van der Waals surface area (Å²) in [4.78, 5) is 30.5. The molecule has 1 aliphatic heterocycles. The van der Waals surface area contributed by atoms with Crippen LogP contribution in [0.5, 0.6) is 11.5 Å². The minimum atomic E-state index is -0.0815. The Kier molecular flexibility index (Phi) is 15.2. The third-order valence-electron chi connectivity index (χ3n) is 8.63. The smallest absolute Gasteiger partial charge is 0.251 e. The van der Waals surface area contributed by atoms with Crippen LogP contribution in [0.4, 0.5) is 11.4 Å². The van der Waals surface area contributed by atoms with Gasteiger partial charge in [0.2, 0.25) is 0 Å². The number of amidine groups is 1. The summed E-state index contributed by atoms with van der Waals surface area (Å²) < 4.78 is 10.8. The summed E-state index contributed by atoms with van der Waals surface area (Å²) in [6.07, 6.45) is 6.42. The molecule has 1 amide bonds. The number of benzene rings is 3. The molecule has 1 heterocycles. The third-order valence-corrected chi connectivity index (χ3v) is 9.38. The van der Waals surface area contributed by atoms with E-state index < -0.39 is 0 Å². The normalized spacial score (nSPS) is 14.7. The average Bonchev–Trinajstić information content (AvgIpc) is 3.15. The predicted octanol–water partition coefficient (Wildman–Crippen LogP) is 8.94. The van der Waals surface area contributed by atoms with Crippen LogP contribution in [0.2, 0.25) is 10.0 Å². The molecule has 0 atom stereocenters. The minimum Gasteiger partial charge on any atom is -0.495 e. The van der Waals surface area contributed by atoms with E-state index in [9.17, 15) is 4.79 Å². The van der Waals surface area contributed by atoms with E-state index >= 15 is 0 Å². The predicted molar refractivity (Wildman–Crippen MR) is 210 cm³/mol. The minimum absolute atomic E-state index is 0.0815. The maximum Gasteiger partial charge on any atom is 0.251 e. The molecule has 0 bridgehead atoms. The number of likely N-dealkylation sites (tertiary alicyclic amines) is 1. The summed E-state index contributed by atoms with van der Waals surface area (Å²) in [5.74, 6) is 1.60. The quantitative estimate of drug-likeness (QED) is 0.0337. The van der Waals surface area contributed by atoms with Crippen LogP contribution in [0.15, 0.2) is 93.8 Å². The number of hydrogen-bond acceptors (Lipinski definition) is 8. The van der Waals surface area contributed by atoms with Crippen molar-refractivity contribution in [2.75, 3.05) is 45.2 Å². The van der Waals surface area contributed by atoms with Gasteiger partial charge in [-0.25, -0.2) is 5.48 Å². The lowest BCUT2D eigenvalue weighted by molar-refractivity contribution is 0.0909. The fourth-order valence-electron chi connectivity index (χ4n) is 5.70. The summed E-state index contributed by atoms with van der Waals surface area (Å²) in [5.41, 5.74) is 6.94. The van der Waals surface area contributed by atoms with Crippen LogP contribution >= 0.6 is 23.2 Å². The molecule has 10 nitrogen and oxygen atoms in total. The van der Waals surface area contributed by atoms with Crippen molar-refractivity contribution in [2.24, 2.45) is 9.98 Å². The zero-order valence-corrected chi connectivity index (χ0v) is 31.5. The van der Waals surface area contributed by atoms with Crippen molar-refractivity contribution in [1.29, 1.82) is 0 Å². The van der Waals surface area contributed by atoms with Crippen LogP contribution in [-0.4, -0.2) is 63.8 Å². The van der Waals surface area contributed by atoms with Crippen LogP contribution in [0, 0.1) is 0 Å². The van der Waals surface area contributed by atoms with Gasteiger partial charge in [0.25, 0.3) is 5.91 Å². The van der Waals surface area contributed by atoms with Gasteiger partial charge in [-0.3, -0.25) is 19.7 Å². The topological polar surface area (TPSA) is 109 Å². The van der Waals surface area contributed by atoms with E-state index in [0.29, 0.717) is 39.9 Å². The van der Waals surface area contributed by atoms with Crippen molar-refractivity contribution < 1.29 is 19.1 Å². The van der Waals surface area contributed by atoms with E-state index in [4.69, 9.17) is 37.5 Å². The zero-order chi connectivity index (χ0) is 36.8. The number of rotatable bonds is 16. The number of ether oxygens (including phenoxy) is 2. The van der Waals surface area contributed by atoms with Gasteiger partial charge in [-0.2, -0.15) is 0 Å². The fourth-order valence-corrected chi connectivity index (χ4v) is 6.28. The molecule has 3 aromatic carbocycles. The Morgan fingerprint density at radius 1 is 1.02 bits per heavy atom. The summed E-state index contributed by atoms with van der Waals surface area (Å²) in [7, 11) is 4.68. The second-order valence-electron chi connectivity index (χ2n) is 12.1. The number of halogens is 2. The largest absolute Gasteiger partial charge is 0.495 e. The molecule has 1 saturated heterocycles. The Morgan fingerprint density at radius 2 is 1.67 bits per heavy atom. The lowest BCUT2D eigenvalue weighted by Crippen LogP contribution is -2.44.